The van der Waals surface area contributed by atoms with E-state index in [1.165, 1.54) is 16.8 Å². The van der Waals surface area contributed by atoms with Gasteiger partial charge in [0.1, 0.15) is 5.82 Å². The SMILES string of the molecule is C[C@H](c1ccccc1)n1c2c(c3cc(F)ccc31)C[C@@H](N)CC2. The van der Waals surface area contributed by atoms with Crippen molar-refractivity contribution in [2.75, 3.05) is 0 Å². The van der Waals surface area contributed by atoms with Gasteiger partial charge in [0, 0.05) is 22.6 Å². The molecule has 3 heteroatoms. The molecule has 2 aromatic carbocycles. The zero-order valence-corrected chi connectivity index (χ0v) is 13.3. The molecule has 3 aromatic rings. The summed E-state index contributed by atoms with van der Waals surface area (Å²) in [5, 5.41) is 1.03. The van der Waals surface area contributed by atoms with Crippen molar-refractivity contribution < 1.29 is 4.39 Å². The van der Waals surface area contributed by atoms with E-state index in [4.69, 9.17) is 5.73 Å². The van der Waals surface area contributed by atoms with Gasteiger partial charge in [0.15, 0.2) is 0 Å². The minimum atomic E-state index is -0.177. The molecule has 2 N–H and O–H groups in total. The topological polar surface area (TPSA) is 30.9 Å². The third-order valence-electron chi connectivity index (χ3n) is 5.07. The normalized spacial score (nSPS) is 18.8. The summed E-state index contributed by atoms with van der Waals surface area (Å²) in [5.41, 5.74) is 11.1. The van der Waals surface area contributed by atoms with Crippen molar-refractivity contribution >= 4 is 10.9 Å². The molecule has 0 unspecified atom stereocenters. The van der Waals surface area contributed by atoms with E-state index in [1.807, 2.05) is 12.1 Å². The van der Waals surface area contributed by atoms with Gasteiger partial charge in [-0.15, -0.1) is 0 Å². The monoisotopic (exact) mass is 308 g/mol. The van der Waals surface area contributed by atoms with Crippen molar-refractivity contribution in [2.24, 2.45) is 5.73 Å². The van der Waals surface area contributed by atoms with E-state index in [0.717, 1.165) is 30.2 Å². The van der Waals surface area contributed by atoms with Crippen molar-refractivity contribution in [1.29, 1.82) is 0 Å². The molecule has 23 heavy (non-hydrogen) atoms. The number of hydrogen-bond acceptors (Lipinski definition) is 1. The Morgan fingerprint density at radius 3 is 2.74 bits per heavy atom. The maximum atomic E-state index is 13.8. The summed E-state index contributed by atoms with van der Waals surface area (Å²) in [6.45, 7) is 2.22. The third-order valence-corrected chi connectivity index (χ3v) is 5.07. The van der Waals surface area contributed by atoms with Crippen LogP contribution in [0.3, 0.4) is 0 Å². The number of aromatic nitrogens is 1. The summed E-state index contributed by atoms with van der Waals surface area (Å²) < 4.78 is 16.2. The molecule has 1 aliphatic rings. The molecule has 0 radical (unpaired) electrons. The van der Waals surface area contributed by atoms with Crippen LogP contribution in [0.4, 0.5) is 4.39 Å². The molecule has 0 saturated heterocycles. The van der Waals surface area contributed by atoms with Gasteiger partial charge in [0.2, 0.25) is 0 Å². The van der Waals surface area contributed by atoms with Gasteiger partial charge in [0.25, 0.3) is 0 Å². The Morgan fingerprint density at radius 1 is 1.17 bits per heavy atom. The Labute approximate surface area is 135 Å². The number of nitrogens with two attached hydrogens (primary N) is 1. The summed E-state index contributed by atoms with van der Waals surface area (Å²) in [4.78, 5) is 0. The van der Waals surface area contributed by atoms with Gasteiger partial charge in [-0.25, -0.2) is 4.39 Å². The van der Waals surface area contributed by atoms with E-state index in [0.29, 0.717) is 0 Å². The Balaban J connectivity index is 1.96. The summed E-state index contributed by atoms with van der Waals surface area (Å²) in [7, 11) is 0. The van der Waals surface area contributed by atoms with E-state index in [1.54, 1.807) is 12.1 Å². The van der Waals surface area contributed by atoms with Crippen LogP contribution in [-0.4, -0.2) is 10.6 Å². The minimum absolute atomic E-state index is 0.177. The number of halogens is 1. The first-order chi connectivity index (χ1) is 11.1. The summed E-state index contributed by atoms with van der Waals surface area (Å²) in [5.74, 6) is -0.177. The van der Waals surface area contributed by atoms with Gasteiger partial charge in [-0.05, 0) is 55.5 Å². The molecule has 0 bridgehead atoms. The lowest BCUT2D eigenvalue weighted by molar-refractivity contribution is 0.535. The highest BCUT2D eigenvalue weighted by molar-refractivity contribution is 5.86. The Kier molecular flexibility index (Phi) is 3.46. The Morgan fingerprint density at radius 2 is 1.96 bits per heavy atom. The first-order valence-corrected chi connectivity index (χ1v) is 8.27. The summed E-state index contributed by atoms with van der Waals surface area (Å²) in [6, 6.07) is 16.0. The van der Waals surface area contributed by atoms with Crippen molar-refractivity contribution in [3.8, 4) is 0 Å². The number of fused-ring (bicyclic) bond motifs is 3. The van der Waals surface area contributed by atoms with Crippen LogP contribution in [0, 0.1) is 5.82 Å². The van der Waals surface area contributed by atoms with Crippen LogP contribution in [0.2, 0.25) is 0 Å². The summed E-state index contributed by atoms with van der Waals surface area (Å²) >= 11 is 0. The second-order valence-electron chi connectivity index (χ2n) is 6.55. The van der Waals surface area contributed by atoms with E-state index in [2.05, 4.69) is 35.8 Å². The first-order valence-electron chi connectivity index (χ1n) is 8.27. The second-order valence-corrected chi connectivity index (χ2v) is 6.55. The van der Waals surface area contributed by atoms with E-state index >= 15 is 0 Å². The average Bonchev–Trinajstić information content (AvgIpc) is 2.88. The highest BCUT2D eigenvalue weighted by Crippen LogP contribution is 2.36. The molecule has 0 spiro atoms. The van der Waals surface area contributed by atoms with Crippen molar-refractivity contribution in [3.05, 3.63) is 71.2 Å². The quantitative estimate of drug-likeness (QED) is 0.755. The van der Waals surface area contributed by atoms with Crippen LogP contribution < -0.4 is 5.73 Å². The van der Waals surface area contributed by atoms with Crippen LogP contribution in [0.15, 0.2) is 48.5 Å². The van der Waals surface area contributed by atoms with Crippen LogP contribution in [0.1, 0.15) is 36.2 Å². The van der Waals surface area contributed by atoms with Crippen molar-refractivity contribution in [2.45, 2.75) is 38.3 Å². The van der Waals surface area contributed by atoms with Crippen molar-refractivity contribution in [3.63, 3.8) is 0 Å². The van der Waals surface area contributed by atoms with Crippen LogP contribution in [0.5, 0.6) is 0 Å². The van der Waals surface area contributed by atoms with E-state index < -0.39 is 0 Å². The molecule has 0 aliphatic heterocycles. The van der Waals surface area contributed by atoms with Gasteiger partial charge in [-0.2, -0.15) is 0 Å². The predicted molar refractivity (Wildman–Crippen MR) is 92.2 cm³/mol. The Bertz CT molecular complexity index is 851. The first kappa shape index (κ1) is 14.5. The summed E-state index contributed by atoms with van der Waals surface area (Å²) in [6.07, 6.45) is 2.79. The lowest BCUT2D eigenvalue weighted by Gasteiger charge is -2.24. The molecule has 1 aromatic heterocycles. The van der Waals surface area contributed by atoms with Gasteiger partial charge < -0.3 is 10.3 Å². The zero-order chi connectivity index (χ0) is 16.0. The minimum Gasteiger partial charge on any atom is -0.337 e. The molecule has 0 amide bonds. The lowest BCUT2D eigenvalue weighted by Crippen LogP contribution is -2.28. The predicted octanol–water partition coefficient (Wildman–Crippen LogP) is 4.21. The van der Waals surface area contributed by atoms with Gasteiger partial charge in [-0.1, -0.05) is 30.3 Å². The number of benzene rings is 2. The van der Waals surface area contributed by atoms with Gasteiger partial charge in [-0.3, -0.25) is 0 Å². The van der Waals surface area contributed by atoms with E-state index in [-0.39, 0.29) is 17.9 Å². The average molecular weight is 308 g/mol. The molecular formula is C20H21FN2. The molecule has 0 fully saturated rings. The molecule has 2 nitrogen and oxygen atoms in total. The third kappa shape index (κ3) is 2.36. The highest BCUT2D eigenvalue weighted by Gasteiger charge is 2.26. The van der Waals surface area contributed by atoms with Crippen LogP contribution in [-0.2, 0) is 12.8 Å². The smallest absolute Gasteiger partial charge is 0.123 e. The number of rotatable bonds is 2. The van der Waals surface area contributed by atoms with Gasteiger partial charge in [0.05, 0.1) is 6.04 Å². The van der Waals surface area contributed by atoms with Crippen LogP contribution in [0.25, 0.3) is 10.9 Å². The second kappa shape index (κ2) is 5.50. The van der Waals surface area contributed by atoms with Crippen LogP contribution >= 0.6 is 0 Å². The standard InChI is InChI=1S/C20H21FN2/c1-13(14-5-3-2-4-6-14)23-19-9-7-15(21)11-17(19)18-12-16(22)8-10-20(18)23/h2-7,9,11,13,16H,8,10,12,22H2,1H3/t13-,16+/m1/s1. The molecule has 1 aliphatic carbocycles. The van der Waals surface area contributed by atoms with Gasteiger partial charge >= 0.3 is 0 Å². The number of hydrogen-bond donors (Lipinski definition) is 1. The maximum absolute atomic E-state index is 13.8. The fourth-order valence-corrected chi connectivity index (χ4v) is 3.91. The van der Waals surface area contributed by atoms with Crippen molar-refractivity contribution in [1.82, 2.24) is 4.57 Å². The maximum Gasteiger partial charge on any atom is 0.123 e. The fourth-order valence-electron chi connectivity index (χ4n) is 3.91. The Hall–Kier alpha value is -2.13. The zero-order valence-electron chi connectivity index (χ0n) is 13.3. The largest absolute Gasteiger partial charge is 0.337 e. The molecule has 4 rings (SSSR count). The molecule has 1 heterocycles. The molecule has 118 valence electrons. The molecular weight excluding hydrogens is 287 g/mol. The fraction of sp³-hybridized carbons (Fsp3) is 0.300. The number of nitrogens with zero attached hydrogens (tertiary/aromatic N) is 1. The molecule has 2 atom stereocenters. The lowest BCUT2D eigenvalue weighted by atomic mass is 9.92. The highest BCUT2D eigenvalue weighted by atomic mass is 19.1. The molecule has 0 saturated carbocycles. The van der Waals surface area contributed by atoms with E-state index in [9.17, 15) is 4.39 Å².